The summed E-state index contributed by atoms with van der Waals surface area (Å²) in [6.07, 6.45) is 1.30. The molecule has 0 spiro atoms. The summed E-state index contributed by atoms with van der Waals surface area (Å²) in [5.74, 6) is 0. The van der Waals surface area contributed by atoms with Crippen LogP contribution >= 0.6 is 0 Å². The maximum atomic E-state index is 7.83. The summed E-state index contributed by atoms with van der Waals surface area (Å²) in [6.45, 7) is -9.47. The predicted octanol–water partition coefficient (Wildman–Crippen LogP) is 9.79. The van der Waals surface area contributed by atoms with Crippen molar-refractivity contribution in [2.75, 3.05) is 0 Å². The molecule has 7 aromatic rings. The minimum atomic E-state index is -2.58. The number of hydrogen-bond donors (Lipinski definition) is 0. The third-order valence-corrected chi connectivity index (χ3v) is 6.40. The molecule has 2 aromatic heterocycles. The summed E-state index contributed by atoms with van der Waals surface area (Å²) in [5.41, 5.74) is 3.37. The number of pyridine rings is 1. The van der Waals surface area contributed by atoms with E-state index in [4.69, 9.17) is 20.9 Å². The fourth-order valence-corrected chi connectivity index (χ4v) is 4.44. The molecule has 0 saturated heterocycles. The van der Waals surface area contributed by atoms with Crippen LogP contribution in [0.1, 0.15) is 38.7 Å². The van der Waals surface area contributed by atoms with Crippen LogP contribution in [0.25, 0.3) is 55.1 Å². The molecule has 40 heavy (non-hydrogen) atoms. The van der Waals surface area contributed by atoms with E-state index in [-0.39, 0.29) is 42.4 Å². The second kappa shape index (κ2) is 11.6. The van der Waals surface area contributed by atoms with Gasteiger partial charge in [-0.3, -0.25) is 0 Å². The Labute approximate surface area is 265 Å². The van der Waals surface area contributed by atoms with Crippen LogP contribution in [-0.2, 0) is 20.1 Å². The average molecular weight is 707 g/mol. The summed E-state index contributed by atoms with van der Waals surface area (Å²) in [7, 11) is 0. The van der Waals surface area contributed by atoms with Crippen molar-refractivity contribution >= 4 is 32.7 Å². The van der Waals surface area contributed by atoms with Crippen molar-refractivity contribution in [3.63, 3.8) is 0 Å². The first-order chi connectivity index (χ1) is 23.8. The third-order valence-electron chi connectivity index (χ3n) is 6.40. The molecule has 0 N–H and O–H groups in total. The van der Waals surface area contributed by atoms with E-state index in [1.165, 1.54) is 36.5 Å². The zero-order chi connectivity index (χ0) is 36.9. The first-order valence-electron chi connectivity index (χ1n) is 18.1. The molecule has 0 bridgehead atoms. The van der Waals surface area contributed by atoms with E-state index in [0.717, 1.165) is 27.1 Å². The number of aromatic nitrogens is 1. The Bertz CT molecular complexity index is 2300. The molecule has 0 amide bonds. The summed E-state index contributed by atoms with van der Waals surface area (Å²) < 4.78 is 96.5. The standard InChI is InChI=1S/C24H16O.C13H12N.Ir/c1-15-10-11-18(14-16(15)2)20-8-5-9-21-22-13-12-17-6-3-4-7-19(17)23(22)25-24(20)21;1-10-3-6-12(7-4-10)13-8-5-11(2)9-14-13;/h3-7,9-10,12-14H,1-2H3;3-6,8-9H,1-2H3;/q-2;-1;+3/i2*1D3,2D3;. The number of rotatable bonds is 2. The Kier molecular flexibility index (Phi) is 4.72. The Morgan fingerprint density at radius 2 is 1.50 bits per heavy atom. The van der Waals surface area contributed by atoms with E-state index in [9.17, 15) is 0 Å². The van der Waals surface area contributed by atoms with Crippen molar-refractivity contribution in [1.82, 2.24) is 4.98 Å². The minimum absolute atomic E-state index is 0. The zero-order valence-electron chi connectivity index (χ0n) is 32.9. The van der Waals surface area contributed by atoms with Crippen LogP contribution in [0.5, 0.6) is 0 Å². The van der Waals surface area contributed by atoms with Gasteiger partial charge in [0.1, 0.15) is 5.58 Å². The molecule has 3 heteroatoms. The molecule has 0 aliphatic heterocycles. The van der Waals surface area contributed by atoms with Crippen LogP contribution in [0.3, 0.4) is 0 Å². The summed E-state index contributed by atoms with van der Waals surface area (Å²) in [6, 6.07) is 34.7. The average Bonchev–Trinajstić information content (AvgIpc) is 3.46. The Morgan fingerprint density at radius 1 is 0.675 bits per heavy atom. The third kappa shape index (κ3) is 5.36. The van der Waals surface area contributed by atoms with Crippen LogP contribution in [0, 0.1) is 45.6 Å². The van der Waals surface area contributed by atoms with Gasteiger partial charge in [0.2, 0.25) is 0 Å². The van der Waals surface area contributed by atoms with E-state index in [0.29, 0.717) is 28.0 Å². The van der Waals surface area contributed by atoms with E-state index in [1.807, 2.05) is 42.5 Å². The van der Waals surface area contributed by atoms with Gasteiger partial charge in [0, 0.05) is 39.0 Å². The first-order valence-corrected chi connectivity index (χ1v) is 12.1. The molecule has 0 aliphatic rings. The SMILES string of the molecule is [2H]C([2H])([2H])c1c[c-]c(-c2[c-]ccc3c2oc2c4ccccc4ccc32)cc1C([2H])([2H])[2H].[2H]C([2H])([2H])c1c[c-]c(-c2ccc(C([2H])([2H])[2H])cn2)cc1.[Ir+3]. The van der Waals surface area contributed by atoms with Crippen molar-refractivity contribution in [2.45, 2.75) is 27.4 Å². The van der Waals surface area contributed by atoms with Gasteiger partial charge in [-0.15, -0.1) is 52.6 Å². The summed E-state index contributed by atoms with van der Waals surface area (Å²) in [4.78, 5) is 4.08. The molecular formula is C37H28IrNO. The molecule has 2 nitrogen and oxygen atoms in total. The second-order valence-electron chi connectivity index (χ2n) is 8.96. The van der Waals surface area contributed by atoms with Gasteiger partial charge < -0.3 is 9.40 Å². The fourth-order valence-electron chi connectivity index (χ4n) is 4.44. The van der Waals surface area contributed by atoms with Gasteiger partial charge in [-0.2, -0.15) is 35.9 Å². The number of aryl methyl sites for hydroxylation is 4. The van der Waals surface area contributed by atoms with Gasteiger partial charge >= 0.3 is 20.1 Å². The van der Waals surface area contributed by atoms with Gasteiger partial charge in [0.05, 0.1) is 0 Å². The number of benzene rings is 5. The minimum Gasteiger partial charge on any atom is -0.510 e. The molecule has 0 saturated carbocycles. The van der Waals surface area contributed by atoms with Gasteiger partial charge in [0.25, 0.3) is 0 Å². The number of nitrogens with zero attached hydrogens (tertiary/aromatic N) is 1. The number of furan rings is 1. The molecular weight excluding hydrogens is 667 g/mol. The predicted molar refractivity (Wildman–Crippen MR) is 162 cm³/mol. The normalized spacial score (nSPS) is 16.5. The van der Waals surface area contributed by atoms with E-state index < -0.39 is 27.4 Å². The van der Waals surface area contributed by atoms with Crippen molar-refractivity contribution in [2.24, 2.45) is 0 Å². The van der Waals surface area contributed by atoms with Gasteiger partial charge in [-0.1, -0.05) is 74.5 Å². The molecule has 0 unspecified atom stereocenters. The molecule has 0 radical (unpaired) electrons. The van der Waals surface area contributed by atoms with Crippen LogP contribution in [0.2, 0.25) is 0 Å². The largest absolute Gasteiger partial charge is 3.00 e. The molecule has 196 valence electrons. The van der Waals surface area contributed by atoms with Crippen LogP contribution in [0.4, 0.5) is 0 Å². The Hall–Kier alpha value is -4.04. The van der Waals surface area contributed by atoms with Crippen molar-refractivity contribution in [3.05, 3.63) is 138 Å². The molecule has 2 heterocycles. The summed E-state index contributed by atoms with van der Waals surface area (Å²) >= 11 is 0. The molecule has 0 aliphatic carbocycles. The smallest absolute Gasteiger partial charge is 0.510 e. The second-order valence-corrected chi connectivity index (χ2v) is 8.96. The molecule has 7 rings (SSSR count). The maximum absolute atomic E-state index is 7.83. The first kappa shape index (κ1) is 16.3. The number of hydrogen-bond acceptors (Lipinski definition) is 2. The Balaban J connectivity index is 0.000000217. The van der Waals surface area contributed by atoms with Gasteiger partial charge in [-0.25, -0.2) is 5.56 Å². The van der Waals surface area contributed by atoms with Crippen molar-refractivity contribution < 1.29 is 41.0 Å². The quantitative estimate of drug-likeness (QED) is 0.167. The van der Waals surface area contributed by atoms with E-state index in [1.54, 1.807) is 18.2 Å². The van der Waals surface area contributed by atoms with E-state index >= 15 is 0 Å². The topological polar surface area (TPSA) is 26.0 Å². The van der Waals surface area contributed by atoms with Crippen LogP contribution in [-0.4, -0.2) is 4.98 Å². The summed E-state index contributed by atoms with van der Waals surface area (Å²) in [5, 5.41) is 3.85. The Morgan fingerprint density at radius 3 is 2.27 bits per heavy atom. The maximum Gasteiger partial charge on any atom is 3.00 e. The van der Waals surface area contributed by atoms with E-state index in [2.05, 4.69) is 23.2 Å². The fraction of sp³-hybridized carbons (Fsp3) is 0.108. The van der Waals surface area contributed by atoms with Crippen LogP contribution in [0.15, 0.2) is 102 Å². The molecule has 0 fully saturated rings. The van der Waals surface area contributed by atoms with Crippen LogP contribution < -0.4 is 0 Å². The monoisotopic (exact) mass is 707 g/mol. The van der Waals surface area contributed by atoms with Gasteiger partial charge in [-0.05, 0) is 23.5 Å². The van der Waals surface area contributed by atoms with Gasteiger partial charge in [0.15, 0.2) is 0 Å². The van der Waals surface area contributed by atoms with Crippen molar-refractivity contribution in [1.29, 1.82) is 0 Å². The zero-order valence-corrected chi connectivity index (χ0v) is 23.3. The molecule has 5 aromatic carbocycles. The van der Waals surface area contributed by atoms with Crippen molar-refractivity contribution in [3.8, 4) is 22.4 Å². The molecule has 0 atom stereocenters. The number of fused-ring (bicyclic) bond motifs is 5.